The monoisotopic (exact) mass is 505 g/mol. The number of fused-ring (bicyclic) bond motifs is 3. The molecular formula is C25H18ClN4O4S-. The second-order valence-corrected chi connectivity index (χ2v) is 8.93. The first-order valence-corrected chi connectivity index (χ1v) is 12.0. The Balaban J connectivity index is 1.48. The van der Waals surface area contributed by atoms with Crippen molar-refractivity contribution in [2.24, 2.45) is 0 Å². The summed E-state index contributed by atoms with van der Waals surface area (Å²) in [6.07, 6.45) is -0.721. The van der Waals surface area contributed by atoms with E-state index in [9.17, 15) is 9.90 Å². The molecule has 1 unspecified atom stereocenters. The van der Waals surface area contributed by atoms with Crippen molar-refractivity contribution in [3.8, 4) is 22.9 Å². The fourth-order valence-corrected chi connectivity index (χ4v) is 4.40. The molecule has 0 amide bonds. The SMILES string of the molecule is O=C([O-])COc1ccccc1C1Nc2ccccc2-c2nnc(SCc3ccc(Cl)cc3)nc2O1. The van der Waals surface area contributed by atoms with Gasteiger partial charge in [-0.25, -0.2) is 0 Å². The number of halogens is 1. The van der Waals surface area contributed by atoms with Gasteiger partial charge in [-0.3, -0.25) is 0 Å². The Morgan fingerprint density at radius 2 is 1.83 bits per heavy atom. The number of thioether (sulfide) groups is 1. The summed E-state index contributed by atoms with van der Waals surface area (Å²) in [7, 11) is 0. The summed E-state index contributed by atoms with van der Waals surface area (Å²) in [5, 5.41) is 24.1. The average Bonchev–Trinajstić information content (AvgIpc) is 3.04. The Morgan fingerprint density at radius 1 is 1.06 bits per heavy atom. The van der Waals surface area contributed by atoms with Crippen molar-refractivity contribution in [1.29, 1.82) is 0 Å². The molecule has 35 heavy (non-hydrogen) atoms. The van der Waals surface area contributed by atoms with Gasteiger partial charge in [-0.2, -0.15) is 4.98 Å². The van der Waals surface area contributed by atoms with E-state index in [1.807, 2.05) is 54.6 Å². The zero-order valence-corrected chi connectivity index (χ0v) is 19.8. The Kier molecular flexibility index (Phi) is 6.69. The molecule has 4 aromatic rings. The number of rotatable bonds is 7. The Labute approximate surface area is 210 Å². The van der Waals surface area contributed by atoms with Gasteiger partial charge in [0, 0.05) is 22.0 Å². The summed E-state index contributed by atoms with van der Waals surface area (Å²) in [6.45, 7) is -0.577. The largest absolute Gasteiger partial charge is 0.546 e. The Bertz CT molecular complexity index is 1370. The minimum atomic E-state index is -1.32. The van der Waals surface area contributed by atoms with Crippen LogP contribution in [0.1, 0.15) is 17.4 Å². The predicted octanol–water partition coefficient (Wildman–Crippen LogP) is 4.12. The smallest absolute Gasteiger partial charge is 0.247 e. The van der Waals surface area contributed by atoms with E-state index in [-0.39, 0.29) is 0 Å². The molecule has 2 heterocycles. The normalized spacial score (nSPS) is 14.0. The third-order valence-electron chi connectivity index (χ3n) is 5.16. The van der Waals surface area contributed by atoms with Gasteiger partial charge >= 0.3 is 0 Å². The minimum Gasteiger partial charge on any atom is -0.546 e. The molecule has 0 spiro atoms. The third-order valence-corrected chi connectivity index (χ3v) is 6.32. The van der Waals surface area contributed by atoms with E-state index in [1.165, 1.54) is 11.8 Å². The highest BCUT2D eigenvalue weighted by molar-refractivity contribution is 7.98. The molecular weight excluding hydrogens is 488 g/mol. The second kappa shape index (κ2) is 10.2. The topological polar surface area (TPSA) is 109 Å². The van der Waals surface area contributed by atoms with Gasteiger partial charge in [0.15, 0.2) is 5.69 Å². The highest BCUT2D eigenvalue weighted by atomic mass is 35.5. The summed E-state index contributed by atoms with van der Waals surface area (Å²) < 4.78 is 11.7. The van der Waals surface area contributed by atoms with Gasteiger partial charge in [-0.15, -0.1) is 10.2 Å². The van der Waals surface area contributed by atoms with Crippen molar-refractivity contribution in [1.82, 2.24) is 15.2 Å². The Morgan fingerprint density at radius 3 is 2.66 bits per heavy atom. The van der Waals surface area contributed by atoms with E-state index < -0.39 is 18.8 Å². The summed E-state index contributed by atoms with van der Waals surface area (Å²) in [5.74, 6) is -0.0229. The molecule has 8 nitrogen and oxygen atoms in total. The van der Waals surface area contributed by atoms with E-state index in [2.05, 4.69) is 20.5 Å². The first-order valence-electron chi connectivity index (χ1n) is 10.6. The van der Waals surface area contributed by atoms with Crippen LogP contribution >= 0.6 is 23.4 Å². The van der Waals surface area contributed by atoms with Crippen molar-refractivity contribution >= 4 is 35.0 Å². The number of hydrogen-bond acceptors (Lipinski definition) is 9. The first kappa shape index (κ1) is 22.9. The lowest BCUT2D eigenvalue weighted by Crippen LogP contribution is -2.29. The third kappa shape index (κ3) is 5.31. The Hall–Kier alpha value is -3.82. The predicted molar refractivity (Wildman–Crippen MR) is 130 cm³/mol. The van der Waals surface area contributed by atoms with Crippen LogP contribution in [0.4, 0.5) is 5.69 Å². The summed E-state index contributed by atoms with van der Waals surface area (Å²) in [5.41, 5.74) is 3.73. The standard InChI is InChI=1S/C25H19ClN4O4S/c26-16-11-9-15(10-12-16)14-35-25-28-24-22(29-30-25)17-5-1-3-7-19(17)27-23(34-24)18-6-2-4-8-20(18)33-13-21(31)32/h1-12,23,27H,13-14H2,(H,31,32)/p-1. The lowest BCUT2D eigenvalue weighted by molar-refractivity contribution is -0.307. The second-order valence-electron chi connectivity index (χ2n) is 7.55. The fourth-order valence-electron chi connectivity index (χ4n) is 3.54. The molecule has 0 saturated heterocycles. The number of carboxylic acid groups (broad SMARTS) is 1. The quantitative estimate of drug-likeness (QED) is 0.371. The van der Waals surface area contributed by atoms with Crippen LogP contribution in [-0.4, -0.2) is 27.8 Å². The van der Waals surface area contributed by atoms with Crippen LogP contribution in [0.15, 0.2) is 78.0 Å². The molecule has 0 radical (unpaired) electrons. The molecule has 1 aromatic heterocycles. The van der Waals surface area contributed by atoms with Gasteiger partial charge in [-0.05, 0) is 35.9 Å². The number of ether oxygens (including phenoxy) is 2. The number of aliphatic carboxylic acids is 1. The van der Waals surface area contributed by atoms with Crippen LogP contribution < -0.4 is 19.9 Å². The zero-order valence-electron chi connectivity index (χ0n) is 18.2. The number of aromatic nitrogens is 3. The molecule has 3 aromatic carbocycles. The molecule has 0 saturated carbocycles. The molecule has 0 fully saturated rings. The summed E-state index contributed by atoms with van der Waals surface area (Å²) in [6, 6.07) is 22.2. The number of carbonyl (C=O) groups excluding carboxylic acids is 1. The van der Waals surface area contributed by atoms with Crippen molar-refractivity contribution in [2.45, 2.75) is 17.1 Å². The van der Waals surface area contributed by atoms with Gasteiger partial charge in [-0.1, -0.05) is 65.8 Å². The molecule has 176 valence electrons. The molecule has 5 rings (SSSR count). The highest BCUT2D eigenvalue weighted by Crippen LogP contribution is 2.41. The van der Waals surface area contributed by atoms with E-state index in [1.54, 1.807) is 18.2 Å². The molecule has 0 aliphatic carbocycles. The van der Waals surface area contributed by atoms with Crippen LogP contribution in [0.2, 0.25) is 5.02 Å². The van der Waals surface area contributed by atoms with Crippen molar-refractivity contribution in [3.63, 3.8) is 0 Å². The van der Waals surface area contributed by atoms with Crippen molar-refractivity contribution in [3.05, 3.63) is 88.9 Å². The van der Waals surface area contributed by atoms with Gasteiger partial charge in [0.25, 0.3) is 0 Å². The summed E-state index contributed by atoms with van der Waals surface area (Å²) >= 11 is 7.40. The number of benzene rings is 3. The molecule has 10 heteroatoms. The number of nitrogens with one attached hydrogen (secondary N) is 1. The number of para-hydroxylation sites is 2. The van der Waals surface area contributed by atoms with E-state index in [4.69, 9.17) is 21.1 Å². The molecule has 1 aliphatic heterocycles. The molecule has 1 N–H and O–H groups in total. The lowest BCUT2D eigenvalue weighted by Gasteiger charge is -2.22. The highest BCUT2D eigenvalue weighted by Gasteiger charge is 2.27. The minimum absolute atomic E-state index is 0.302. The number of carboxylic acids is 1. The van der Waals surface area contributed by atoms with Crippen LogP contribution in [-0.2, 0) is 10.5 Å². The van der Waals surface area contributed by atoms with E-state index >= 15 is 0 Å². The van der Waals surface area contributed by atoms with Gasteiger partial charge in [0.2, 0.25) is 17.3 Å². The van der Waals surface area contributed by atoms with Crippen molar-refractivity contribution in [2.75, 3.05) is 11.9 Å². The number of hydrogen-bond donors (Lipinski definition) is 1. The van der Waals surface area contributed by atoms with Crippen LogP contribution in [0, 0.1) is 0 Å². The lowest BCUT2D eigenvalue weighted by atomic mass is 10.1. The number of anilines is 1. The van der Waals surface area contributed by atoms with Gasteiger partial charge in [0.05, 0.1) is 11.5 Å². The maximum absolute atomic E-state index is 10.9. The van der Waals surface area contributed by atoms with Crippen LogP contribution in [0.25, 0.3) is 11.3 Å². The van der Waals surface area contributed by atoms with Gasteiger partial charge in [0.1, 0.15) is 12.4 Å². The van der Waals surface area contributed by atoms with Gasteiger partial charge < -0.3 is 24.7 Å². The maximum Gasteiger partial charge on any atom is 0.247 e. The van der Waals surface area contributed by atoms with Crippen molar-refractivity contribution < 1.29 is 19.4 Å². The van der Waals surface area contributed by atoms with Crippen LogP contribution in [0.5, 0.6) is 11.6 Å². The number of nitrogens with zero attached hydrogens (tertiary/aromatic N) is 3. The molecule has 1 aliphatic rings. The average molecular weight is 506 g/mol. The first-order chi connectivity index (χ1) is 17.1. The number of carbonyl (C=O) groups is 1. The van der Waals surface area contributed by atoms with E-state index in [0.717, 1.165) is 16.8 Å². The summed E-state index contributed by atoms with van der Waals surface area (Å²) in [4.78, 5) is 15.6. The molecule has 1 atom stereocenters. The molecule has 0 bridgehead atoms. The maximum atomic E-state index is 10.9. The van der Waals surface area contributed by atoms with Crippen LogP contribution in [0.3, 0.4) is 0 Å². The van der Waals surface area contributed by atoms with E-state index in [0.29, 0.717) is 38.8 Å². The zero-order chi connectivity index (χ0) is 24.2. The fraction of sp³-hybridized carbons (Fsp3) is 0.120.